The molecule has 2 atom stereocenters. The fourth-order valence-corrected chi connectivity index (χ4v) is 1.25. The zero-order valence-corrected chi connectivity index (χ0v) is 9.97. The normalized spacial score (nSPS) is 14.0. The summed E-state index contributed by atoms with van der Waals surface area (Å²) in [5.74, 6) is -1.10. The summed E-state index contributed by atoms with van der Waals surface area (Å²) in [5.41, 5.74) is 0. The Labute approximate surface area is 100 Å². The van der Waals surface area contributed by atoms with Crippen LogP contribution in [-0.4, -0.2) is 36.5 Å². The van der Waals surface area contributed by atoms with Gasteiger partial charge in [0.05, 0.1) is 7.11 Å². The van der Waals surface area contributed by atoms with Crippen molar-refractivity contribution in [1.29, 1.82) is 5.41 Å². The predicted molar refractivity (Wildman–Crippen MR) is 63.3 cm³/mol. The topological polar surface area (TPSA) is 99.5 Å². The van der Waals surface area contributed by atoms with E-state index in [1.165, 1.54) is 13.3 Å². The van der Waals surface area contributed by atoms with Crippen LogP contribution in [0.15, 0.2) is 12.2 Å². The predicted octanol–water partition coefficient (Wildman–Crippen LogP) is 1.42. The highest BCUT2D eigenvalue weighted by Crippen LogP contribution is 2.08. The largest absolute Gasteiger partial charge is 0.480 e. The maximum atomic E-state index is 10.9. The van der Waals surface area contributed by atoms with Crippen molar-refractivity contribution in [3.05, 3.63) is 12.2 Å². The number of aliphatic carboxylic acids is 1. The highest BCUT2D eigenvalue weighted by Gasteiger charge is 2.21. The van der Waals surface area contributed by atoms with Gasteiger partial charge in [-0.2, -0.15) is 0 Å². The van der Waals surface area contributed by atoms with Crippen molar-refractivity contribution in [3.8, 4) is 0 Å². The minimum atomic E-state index is -1.09. The molecule has 0 aliphatic carbocycles. The second kappa shape index (κ2) is 8.32. The summed E-state index contributed by atoms with van der Waals surface area (Å²) in [5, 5.41) is 18.0. The third-order valence-corrected chi connectivity index (χ3v) is 2.10. The van der Waals surface area contributed by atoms with E-state index in [2.05, 4.69) is 10.1 Å². The van der Waals surface area contributed by atoms with Gasteiger partial charge in [0.2, 0.25) is 0 Å². The number of carbonyl (C=O) groups is 2. The molecular weight excluding hydrogens is 224 g/mol. The van der Waals surface area contributed by atoms with Gasteiger partial charge < -0.3 is 20.6 Å². The molecule has 2 unspecified atom stereocenters. The first-order valence-electron chi connectivity index (χ1n) is 5.24. The Morgan fingerprint density at radius 1 is 1.53 bits per heavy atom. The number of allylic oxidation sites excluding steroid dienone is 2. The van der Waals surface area contributed by atoms with Gasteiger partial charge in [-0.15, -0.1) is 0 Å². The van der Waals surface area contributed by atoms with Crippen LogP contribution in [0.25, 0.3) is 0 Å². The number of carboxylic acids is 1. The molecule has 6 heteroatoms. The van der Waals surface area contributed by atoms with Gasteiger partial charge in [0.15, 0.2) is 0 Å². The van der Waals surface area contributed by atoms with Crippen molar-refractivity contribution in [2.24, 2.45) is 5.92 Å². The summed E-state index contributed by atoms with van der Waals surface area (Å²) < 4.78 is 4.35. The summed E-state index contributed by atoms with van der Waals surface area (Å²) in [4.78, 5) is 21.8. The van der Waals surface area contributed by atoms with E-state index in [9.17, 15) is 9.59 Å². The molecule has 1 amide bonds. The fraction of sp³-hybridized carbons (Fsp3) is 0.545. The van der Waals surface area contributed by atoms with Crippen molar-refractivity contribution in [2.75, 3.05) is 7.11 Å². The molecule has 0 heterocycles. The second-order valence-electron chi connectivity index (χ2n) is 3.61. The smallest absolute Gasteiger partial charge is 0.407 e. The molecule has 0 aromatic heterocycles. The number of hydrogen-bond donors (Lipinski definition) is 3. The number of alkyl carbamates (subject to hydrolysis) is 1. The molecule has 0 fully saturated rings. The van der Waals surface area contributed by atoms with Crippen LogP contribution in [0.1, 0.15) is 19.8 Å². The van der Waals surface area contributed by atoms with Crippen LogP contribution in [0.3, 0.4) is 0 Å². The molecule has 0 radical (unpaired) electrons. The van der Waals surface area contributed by atoms with Crippen LogP contribution in [0.4, 0.5) is 4.79 Å². The molecule has 0 spiro atoms. The van der Waals surface area contributed by atoms with E-state index in [0.717, 1.165) is 0 Å². The third kappa shape index (κ3) is 7.10. The molecular formula is C11H18N2O4. The molecule has 17 heavy (non-hydrogen) atoms. The fourth-order valence-electron chi connectivity index (χ4n) is 1.25. The van der Waals surface area contributed by atoms with Gasteiger partial charge in [-0.1, -0.05) is 19.1 Å². The summed E-state index contributed by atoms with van der Waals surface area (Å²) in [6.07, 6.45) is 4.90. The Morgan fingerprint density at radius 3 is 2.65 bits per heavy atom. The van der Waals surface area contributed by atoms with Crippen LogP contribution in [0.2, 0.25) is 0 Å². The summed E-state index contributed by atoms with van der Waals surface area (Å²) in [6, 6.07) is -0.970. The van der Waals surface area contributed by atoms with Crippen molar-refractivity contribution in [1.82, 2.24) is 5.32 Å². The van der Waals surface area contributed by atoms with E-state index < -0.39 is 18.1 Å². The van der Waals surface area contributed by atoms with Gasteiger partial charge in [-0.25, -0.2) is 9.59 Å². The zero-order valence-electron chi connectivity index (χ0n) is 9.97. The number of hydrogen-bond acceptors (Lipinski definition) is 4. The van der Waals surface area contributed by atoms with Gasteiger partial charge in [0.25, 0.3) is 0 Å². The molecule has 0 aliphatic heterocycles. The number of methoxy groups -OCH3 is 1. The zero-order chi connectivity index (χ0) is 13.3. The first-order valence-corrected chi connectivity index (χ1v) is 5.24. The highest BCUT2D eigenvalue weighted by atomic mass is 16.5. The van der Waals surface area contributed by atoms with Crippen molar-refractivity contribution in [2.45, 2.75) is 25.8 Å². The Hall–Kier alpha value is -1.85. The van der Waals surface area contributed by atoms with E-state index in [0.29, 0.717) is 6.42 Å². The minimum absolute atomic E-state index is 0.00629. The molecule has 0 aromatic carbocycles. The van der Waals surface area contributed by atoms with Gasteiger partial charge in [-0.3, -0.25) is 0 Å². The molecule has 0 aliphatic rings. The van der Waals surface area contributed by atoms with E-state index in [1.54, 1.807) is 6.08 Å². The SMILES string of the molecule is COC(=O)NC(CC(C)/C=C\CC=N)C(=O)O. The highest BCUT2D eigenvalue weighted by molar-refractivity contribution is 5.79. The Balaban J connectivity index is 4.29. The Morgan fingerprint density at radius 2 is 2.18 bits per heavy atom. The van der Waals surface area contributed by atoms with E-state index >= 15 is 0 Å². The maximum absolute atomic E-state index is 10.9. The van der Waals surface area contributed by atoms with Gasteiger partial charge >= 0.3 is 12.1 Å². The first kappa shape index (κ1) is 15.2. The van der Waals surface area contributed by atoms with Crippen molar-refractivity contribution >= 4 is 18.3 Å². The van der Waals surface area contributed by atoms with E-state index in [1.807, 2.05) is 13.0 Å². The maximum Gasteiger partial charge on any atom is 0.407 e. The molecule has 0 aromatic rings. The lowest BCUT2D eigenvalue weighted by molar-refractivity contribution is -0.139. The molecule has 0 bridgehead atoms. The monoisotopic (exact) mass is 242 g/mol. The third-order valence-electron chi connectivity index (χ3n) is 2.10. The van der Waals surface area contributed by atoms with Crippen LogP contribution < -0.4 is 5.32 Å². The number of rotatable bonds is 7. The summed E-state index contributed by atoms with van der Waals surface area (Å²) in [6.45, 7) is 1.84. The van der Waals surface area contributed by atoms with Crippen LogP contribution in [-0.2, 0) is 9.53 Å². The van der Waals surface area contributed by atoms with Crippen LogP contribution in [0.5, 0.6) is 0 Å². The lowest BCUT2D eigenvalue weighted by Gasteiger charge is -2.15. The van der Waals surface area contributed by atoms with Gasteiger partial charge in [-0.05, 0) is 25.0 Å². The van der Waals surface area contributed by atoms with E-state index in [-0.39, 0.29) is 12.3 Å². The standard InChI is InChI=1S/C11H18N2O4/c1-8(5-3-4-6-12)7-9(10(14)15)13-11(16)17-2/h3,5-6,8-9,12H,4,7H2,1-2H3,(H,13,16)(H,14,15)/b5-3-,12-6?. The lowest BCUT2D eigenvalue weighted by atomic mass is 10.0. The summed E-state index contributed by atoms with van der Waals surface area (Å²) >= 11 is 0. The minimum Gasteiger partial charge on any atom is -0.480 e. The summed E-state index contributed by atoms with van der Waals surface area (Å²) in [7, 11) is 1.18. The van der Waals surface area contributed by atoms with E-state index in [4.69, 9.17) is 10.5 Å². The Bertz CT molecular complexity index is 302. The molecule has 0 saturated carbocycles. The lowest BCUT2D eigenvalue weighted by Crippen LogP contribution is -2.41. The van der Waals surface area contributed by atoms with Gasteiger partial charge in [0.1, 0.15) is 6.04 Å². The second-order valence-corrected chi connectivity index (χ2v) is 3.61. The number of carbonyl (C=O) groups excluding carboxylic acids is 1. The molecule has 0 rings (SSSR count). The average Bonchev–Trinajstić information content (AvgIpc) is 2.28. The molecule has 96 valence electrons. The molecule has 0 saturated heterocycles. The number of ether oxygens (including phenoxy) is 1. The van der Waals surface area contributed by atoms with Crippen LogP contribution in [0, 0.1) is 11.3 Å². The number of amides is 1. The van der Waals surface area contributed by atoms with Gasteiger partial charge in [0, 0.05) is 0 Å². The van der Waals surface area contributed by atoms with Crippen molar-refractivity contribution < 1.29 is 19.4 Å². The van der Waals surface area contributed by atoms with Crippen LogP contribution >= 0.6 is 0 Å². The quantitative estimate of drug-likeness (QED) is 0.464. The molecule has 6 nitrogen and oxygen atoms in total. The number of carboxylic acid groups (broad SMARTS) is 1. The number of nitrogens with one attached hydrogen (secondary N) is 2. The Kier molecular flexibility index (Phi) is 7.41. The average molecular weight is 242 g/mol. The van der Waals surface area contributed by atoms with Crippen molar-refractivity contribution in [3.63, 3.8) is 0 Å². The molecule has 3 N–H and O–H groups in total. The first-order chi connectivity index (χ1) is 8.01.